The van der Waals surface area contributed by atoms with Crippen LogP contribution in [0.25, 0.3) is 33.2 Å². The number of benzene rings is 3. The SMILES string of the molecule is COc1ccc(-c2oncc2-c2ccccc2C)c2ccccc12. The van der Waals surface area contributed by atoms with Gasteiger partial charge in [-0.25, -0.2) is 0 Å². The molecule has 0 unspecified atom stereocenters. The first-order valence-electron chi connectivity index (χ1n) is 7.86. The van der Waals surface area contributed by atoms with Crippen LogP contribution in [0.15, 0.2) is 71.4 Å². The average Bonchev–Trinajstić information content (AvgIpc) is 3.10. The smallest absolute Gasteiger partial charge is 0.175 e. The van der Waals surface area contributed by atoms with Crippen LogP contribution in [0, 0.1) is 6.92 Å². The monoisotopic (exact) mass is 315 g/mol. The highest BCUT2D eigenvalue weighted by atomic mass is 16.5. The second kappa shape index (κ2) is 5.85. The highest BCUT2D eigenvalue weighted by molar-refractivity contribution is 6.01. The first-order valence-corrected chi connectivity index (χ1v) is 7.86. The summed E-state index contributed by atoms with van der Waals surface area (Å²) >= 11 is 0. The zero-order valence-electron chi connectivity index (χ0n) is 13.6. The maximum Gasteiger partial charge on any atom is 0.175 e. The molecule has 4 rings (SSSR count). The third kappa shape index (κ3) is 2.26. The van der Waals surface area contributed by atoms with Gasteiger partial charge in [0.05, 0.1) is 13.3 Å². The van der Waals surface area contributed by atoms with Crippen molar-refractivity contribution in [3.05, 3.63) is 72.4 Å². The summed E-state index contributed by atoms with van der Waals surface area (Å²) in [6.07, 6.45) is 1.79. The fraction of sp³-hybridized carbons (Fsp3) is 0.0952. The summed E-state index contributed by atoms with van der Waals surface area (Å²) in [5, 5.41) is 6.21. The number of aromatic nitrogens is 1. The number of hydrogen-bond acceptors (Lipinski definition) is 3. The van der Waals surface area contributed by atoms with Crippen molar-refractivity contribution < 1.29 is 9.26 Å². The predicted octanol–water partition coefficient (Wildman–Crippen LogP) is 5.48. The third-order valence-electron chi connectivity index (χ3n) is 4.35. The van der Waals surface area contributed by atoms with Crippen molar-refractivity contribution in [3.63, 3.8) is 0 Å². The van der Waals surface area contributed by atoms with E-state index in [1.165, 1.54) is 5.56 Å². The van der Waals surface area contributed by atoms with Gasteiger partial charge >= 0.3 is 0 Å². The zero-order valence-corrected chi connectivity index (χ0v) is 13.6. The molecule has 3 aromatic carbocycles. The summed E-state index contributed by atoms with van der Waals surface area (Å²) in [6, 6.07) is 20.4. The van der Waals surface area contributed by atoms with E-state index in [1.54, 1.807) is 13.3 Å². The molecule has 0 aliphatic heterocycles. The Kier molecular flexibility index (Phi) is 3.54. The molecule has 3 nitrogen and oxygen atoms in total. The Bertz CT molecular complexity index is 1020. The predicted molar refractivity (Wildman–Crippen MR) is 96.2 cm³/mol. The molecule has 3 heteroatoms. The molecule has 0 saturated heterocycles. The van der Waals surface area contributed by atoms with Crippen LogP contribution in [0.2, 0.25) is 0 Å². The molecule has 0 amide bonds. The van der Waals surface area contributed by atoms with Crippen LogP contribution in [-0.4, -0.2) is 12.3 Å². The molecule has 1 aromatic heterocycles. The van der Waals surface area contributed by atoms with Gasteiger partial charge in [0.1, 0.15) is 5.75 Å². The van der Waals surface area contributed by atoms with Crippen LogP contribution in [0.1, 0.15) is 5.56 Å². The molecule has 0 saturated carbocycles. The van der Waals surface area contributed by atoms with Crippen LogP contribution < -0.4 is 4.74 Å². The van der Waals surface area contributed by atoms with E-state index in [0.29, 0.717) is 0 Å². The number of rotatable bonds is 3. The summed E-state index contributed by atoms with van der Waals surface area (Å²) in [7, 11) is 1.69. The van der Waals surface area contributed by atoms with E-state index in [1.807, 2.05) is 36.4 Å². The van der Waals surface area contributed by atoms with Crippen molar-refractivity contribution in [1.82, 2.24) is 5.16 Å². The highest BCUT2D eigenvalue weighted by Gasteiger charge is 2.17. The summed E-state index contributed by atoms with van der Waals surface area (Å²) in [5.41, 5.74) is 4.35. The number of hydrogen-bond donors (Lipinski definition) is 0. The van der Waals surface area contributed by atoms with Crippen LogP contribution in [0.3, 0.4) is 0 Å². The fourth-order valence-corrected chi connectivity index (χ4v) is 3.15. The topological polar surface area (TPSA) is 35.3 Å². The van der Waals surface area contributed by atoms with Crippen LogP contribution in [0.5, 0.6) is 5.75 Å². The lowest BCUT2D eigenvalue weighted by atomic mass is 9.95. The van der Waals surface area contributed by atoms with Gasteiger partial charge in [0.15, 0.2) is 5.76 Å². The molecule has 0 aliphatic rings. The average molecular weight is 315 g/mol. The van der Waals surface area contributed by atoms with Gasteiger partial charge in [-0.3, -0.25) is 0 Å². The first-order chi connectivity index (χ1) is 11.8. The number of ether oxygens (including phenoxy) is 1. The van der Waals surface area contributed by atoms with E-state index in [2.05, 4.69) is 36.3 Å². The molecular formula is C21H17NO2. The Morgan fingerprint density at radius 2 is 1.54 bits per heavy atom. The molecular weight excluding hydrogens is 298 g/mol. The molecule has 0 radical (unpaired) electrons. The molecule has 0 aliphatic carbocycles. The Morgan fingerprint density at radius 3 is 2.33 bits per heavy atom. The minimum atomic E-state index is 0.781. The van der Waals surface area contributed by atoms with Gasteiger partial charge in [-0.15, -0.1) is 0 Å². The minimum Gasteiger partial charge on any atom is -0.496 e. The summed E-state index contributed by atoms with van der Waals surface area (Å²) in [5.74, 6) is 1.63. The number of methoxy groups -OCH3 is 1. The Labute approximate surface area is 140 Å². The van der Waals surface area contributed by atoms with Crippen molar-refractivity contribution in [1.29, 1.82) is 0 Å². The van der Waals surface area contributed by atoms with E-state index < -0.39 is 0 Å². The summed E-state index contributed by atoms with van der Waals surface area (Å²) < 4.78 is 11.1. The van der Waals surface area contributed by atoms with Crippen LogP contribution in [0.4, 0.5) is 0 Å². The molecule has 0 spiro atoms. The van der Waals surface area contributed by atoms with Crippen molar-refractivity contribution in [2.24, 2.45) is 0 Å². The number of aryl methyl sites for hydroxylation is 1. The lowest BCUT2D eigenvalue weighted by molar-refractivity contribution is 0.419. The molecule has 24 heavy (non-hydrogen) atoms. The van der Waals surface area contributed by atoms with Crippen LogP contribution in [-0.2, 0) is 0 Å². The summed E-state index contributed by atoms with van der Waals surface area (Å²) in [6.45, 7) is 2.10. The van der Waals surface area contributed by atoms with Crippen molar-refractivity contribution in [2.75, 3.05) is 7.11 Å². The van der Waals surface area contributed by atoms with Gasteiger partial charge in [-0.2, -0.15) is 0 Å². The van der Waals surface area contributed by atoms with Crippen LogP contribution >= 0.6 is 0 Å². The van der Waals surface area contributed by atoms with E-state index >= 15 is 0 Å². The standard InChI is InChI=1S/C21H17NO2/c1-14-7-3-4-8-15(14)19-13-22-24-21(19)18-11-12-20(23-2)17-10-6-5-9-16(17)18/h3-13H,1-2H3. The third-order valence-corrected chi connectivity index (χ3v) is 4.35. The second-order valence-electron chi connectivity index (χ2n) is 5.74. The number of nitrogens with zero attached hydrogens (tertiary/aromatic N) is 1. The Hall–Kier alpha value is -3.07. The molecule has 0 bridgehead atoms. The Balaban J connectivity index is 1.98. The fourth-order valence-electron chi connectivity index (χ4n) is 3.15. The quantitative estimate of drug-likeness (QED) is 0.502. The largest absolute Gasteiger partial charge is 0.496 e. The van der Waals surface area contributed by atoms with Gasteiger partial charge in [0.25, 0.3) is 0 Å². The number of fused-ring (bicyclic) bond motifs is 1. The molecule has 0 fully saturated rings. The van der Waals surface area contributed by atoms with Gasteiger partial charge in [0, 0.05) is 16.5 Å². The van der Waals surface area contributed by atoms with Crippen molar-refractivity contribution in [2.45, 2.75) is 6.92 Å². The van der Waals surface area contributed by atoms with Crippen molar-refractivity contribution in [3.8, 4) is 28.2 Å². The lowest BCUT2D eigenvalue weighted by Gasteiger charge is -2.10. The zero-order chi connectivity index (χ0) is 16.5. The van der Waals surface area contributed by atoms with E-state index in [4.69, 9.17) is 9.26 Å². The highest BCUT2D eigenvalue weighted by Crippen LogP contribution is 2.39. The van der Waals surface area contributed by atoms with E-state index in [-0.39, 0.29) is 0 Å². The van der Waals surface area contributed by atoms with Crippen molar-refractivity contribution >= 4 is 10.8 Å². The lowest BCUT2D eigenvalue weighted by Crippen LogP contribution is -1.88. The van der Waals surface area contributed by atoms with Gasteiger partial charge < -0.3 is 9.26 Å². The minimum absolute atomic E-state index is 0.781. The molecule has 0 N–H and O–H groups in total. The molecule has 0 atom stereocenters. The Morgan fingerprint density at radius 1 is 0.792 bits per heavy atom. The van der Waals surface area contributed by atoms with Gasteiger partial charge in [-0.1, -0.05) is 53.7 Å². The van der Waals surface area contributed by atoms with E-state index in [9.17, 15) is 0 Å². The maximum absolute atomic E-state index is 5.65. The normalized spacial score (nSPS) is 10.9. The first kappa shape index (κ1) is 14.5. The molecule has 1 heterocycles. The maximum atomic E-state index is 5.65. The molecule has 4 aromatic rings. The second-order valence-corrected chi connectivity index (χ2v) is 5.74. The van der Waals surface area contributed by atoms with Gasteiger partial charge in [0.2, 0.25) is 0 Å². The summed E-state index contributed by atoms with van der Waals surface area (Å²) in [4.78, 5) is 0. The van der Waals surface area contributed by atoms with E-state index in [0.717, 1.165) is 39.0 Å². The van der Waals surface area contributed by atoms with Gasteiger partial charge in [-0.05, 0) is 35.6 Å². The molecule has 118 valence electrons.